The molecule has 2 unspecified atom stereocenters. The van der Waals surface area contributed by atoms with Crippen LogP contribution in [0.1, 0.15) is 46.5 Å². The van der Waals surface area contributed by atoms with Crippen molar-refractivity contribution in [2.75, 3.05) is 27.2 Å². The summed E-state index contributed by atoms with van der Waals surface area (Å²) in [6.07, 6.45) is 3.24. The molecular formula is C24H33F3N2O3. The molecule has 0 fully saturated rings. The molecule has 0 aromatic rings. The molecular weight excluding hydrogens is 421 g/mol. The van der Waals surface area contributed by atoms with Crippen LogP contribution in [0.4, 0.5) is 13.2 Å². The Morgan fingerprint density at radius 2 is 1.97 bits per heavy atom. The predicted molar refractivity (Wildman–Crippen MR) is 117 cm³/mol. The number of carbonyl (C=O) groups is 1. The quantitative estimate of drug-likeness (QED) is 0.607. The molecule has 0 radical (unpaired) electrons. The van der Waals surface area contributed by atoms with Crippen LogP contribution in [-0.4, -0.2) is 59.9 Å². The van der Waals surface area contributed by atoms with Gasteiger partial charge in [-0.15, -0.1) is 13.2 Å². The third-order valence-electron chi connectivity index (χ3n) is 6.75. The van der Waals surface area contributed by atoms with E-state index in [0.29, 0.717) is 19.3 Å². The summed E-state index contributed by atoms with van der Waals surface area (Å²) in [6, 6.07) is 0. The van der Waals surface area contributed by atoms with E-state index in [-0.39, 0.29) is 23.1 Å². The van der Waals surface area contributed by atoms with Crippen LogP contribution in [0, 0.1) is 11.8 Å². The van der Waals surface area contributed by atoms with Gasteiger partial charge in [0.25, 0.3) is 0 Å². The average Bonchev–Trinajstić information content (AvgIpc) is 3.13. The molecule has 1 amide bonds. The second-order valence-corrected chi connectivity index (χ2v) is 9.85. The van der Waals surface area contributed by atoms with E-state index in [1.165, 1.54) is 17.2 Å². The number of nitrogens with zero attached hydrogens (tertiary/aromatic N) is 2. The molecule has 0 saturated carbocycles. The van der Waals surface area contributed by atoms with Gasteiger partial charge in [0.1, 0.15) is 5.76 Å². The van der Waals surface area contributed by atoms with Gasteiger partial charge in [0.05, 0.1) is 5.92 Å². The summed E-state index contributed by atoms with van der Waals surface area (Å²) in [5.74, 6) is -1.28. The highest BCUT2D eigenvalue weighted by Gasteiger charge is 2.39. The monoisotopic (exact) mass is 454 g/mol. The van der Waals surface area contributed by atoms with Gasteiger partial charge in [0, 0.05) is 38.6 Å². The fourth-order valence-electron chi connectivity index (χ4n) is 4.70. The Balaban J connectivity index is 1.67. The molecule has 2 aliphatic carbocycles. The van der Waals surface area contributed by atoms with Crippen LogP contribution in [0.2, 0.25) is 0 Å². The minimum atomic E-state index is -4.84. The highest BCUT2D eigenvalue weighted by Crippen LogP contribution is 2.39. The summed E-state index contributed by atoms with van der Waals surface area (Å²) in [4.78, 5) is 16.6. The van der Waals surface area contributed by atoms with Crippen molar-refractivity contribution in [3.05, 3.63) is 46.5 Å². The van der Waals surface area contributed by atoms with Crippen LogP contribution in [0.15, 0.2) is 46.5 Å². The fraction of sp³-hybridized carbons (Fsp3) is 0.625. The minimum Gasteiger partial charge on any atom is -0.508 e. The van der Waals surface area contributed by atoms with Crippen molar-refractivity contribution in [1.82, 2.24) is 9.80 Å². The van der Waals surface area contributed by atoms with E-state index in [1.807, 2.05) is 0 Å². The Morgan fingerprint density at radius 3 is 2.59 bits per heavy atom. The van der Waals surface area contributed by atoms with E-state index in [4.69, 9.17) is 0 Å². The summed E-state index contributed by atoms with van der Waals surface area (Å²) < 4.78 is 42.1. The number of aliphatic hydroxyl groups excluding tert-OH is 1. The van der Waals surface area contributed by atoms with Crippen molar-refractivity contribution >= 4 is 5.91 Å². The third kappa shape index (κ3) is 5.39. The van der Waals surface area contributed by atoms with E-state index in [0.717, 1.165) is 25.1 Å². The van der Waals surface area contributed by atoms with E-state index in [1.54, 1.807) is 25.9 Å². The number of hydrogen-bond acceptors (Lipinski definition) is 4. The summed E-state index contributed by atoms with van der Waals surface area (Å²) in [6.45, 7) is 7.43. The third-order valence-corrected chi connectivity index (χ3v) is 6.75. The first-order chi connectivity index (χ1) is 14.8. The van der Waals surface area contributed by atoms with Crippen LogP contribution in [-0.2, 0) is 9.53 Å². The van der Waals surface area contributed by atoms with Crippen molar-refractivity contribution < 1.29 is 27.8 Å². The Labute approximate surface area is 187 Å². The lowest BCUT2D eigenvalue weighted by atomic mass is 9.86. The number of allylic oxidation sites excluding steroid dienone is 4. The first kappa shape index (κ1) is 24.4. The first-order valence-electron chi connectivity index (χ1n) is 11.0. The lowest BCUT2D eigenvalue weighted by Gasteiger charge is -2.37. The van der Waals surface area contributed by atoms with Gasteiger partial charge >= 0.3 is 6.36 Å². The molecule has 3 aliphatic rings. The van der Waals surface area contributed by atoms with Gasteiger partial charge < -0.3 is 14.7 Å². The van der Waals surface area contributed by atoms with Gasteiger partial charge in [-0.3, -0.25) is 9.69 Å². The highest BCUT2D eigenvalue weighted by molar-refractivity contribution is 5.82. The van der Waals surface area contributed by atoms with E-state index >= 15 is 0 Å². The summed E-state index contributed by atoms with van der Waals surface area (Å²) >= 11 is 0. The molecule has 0 bridgehead atoms. The van der Waals surface area contributed by atoms with Crippen LogP contribution >= 0.6 is 0 Å². The molecule has 2 atom stereocenters. The van der Waals surface area contributed by atoms with E-state index in [2.05, 4.69) is 35.6 Å². The normalized spacial score (nSPS) is 24.6. The fourth-order valence-corrected chi connectivity index (χ4v) is 4.70. The number of hydrogen-bond donors (Lipinski definition) is 1. The zero-order valence-electron chi connectivity index (χ0n) is 19.4. The van der Waals surface area contributed by atoms with Gasteiger partial charge in [0.2, 0.25) is 5.91 Å². The molecule has 0 aromatic heterocycles. The van der Waals surface area contributed by atoms with Crippen LogP contribution < -0.4 is 0 Å². The number of alkyl halides is 3. The number of ether oxygens (including phenoxy) is 1. The predicted octanol–water partition coefficient (Wildman–Crippen LogP) is 5.09. The Kier molecular flexibility index (Phi) is 6.84. The Bertz CT molecular complexity index is 881. The molecule has 0 saturated heterocycles. The van der Waals surface area contributed by atoms with Gasteiger partial charge in [0.15, 0.2) is 5.76 Å². The molecule has 1 aliphatic heterocycles. The molecule has 178 valence electrons. The molecule has 3 rings (SSSR count). The van der Waals surface area contributed by atoms with E-state index in [9.17, 15) is 23.1 Å². The molecule has 5 nitrogen and oxygen atoms in total. The Morgan fingerprint density at radius 1 is 1.28 bits per heavy atom. The van der Waals surface area contributed by atoms with Crippen molar-refractivity contribution in [3.63, 3.8) is 0 Å². The van der Waals surface area contributed by atoms with Crippen LogP contribution in [0.5, 0.6) is 0 Å². The molecule has 1 heterocycles. The second-order valence-electron chi connectivity index (χ2n) is 9.85. The van der Waals surface area contributed by atoms with Crippen LogP contribution in [0.25, 0.3) is 0 Å². The minimum absolute atomic E-state index is 0.117. The molecule has 32 heavy (non-hydrogen) atoms. The molecule has 8 heteroatoms. The van der Waals surface area contributed by atoms with Gasteiger partial charge in [-0.2, -0.15) is 0 Å². The maximum atomic E-state index is 12.7. The first-order valence-corrected chi connectivity index (χ1v) is 11.0. The zero-order chi connectivity index (χ0) is 23.8. The summed E-state index contributed by atoms with van der Waals surface area (Å²) in [5.41, 5.74) is 3.00. The topological polar surface area (TPSA) is 53.0 Å². The van der Waals surface area contributed by atoms with Crippen molar-refractivity contribution in [2.45, 2.75) is 58.4 Å². The maximum absolute atomic E-state index is 12.7. The number of amides is 1. The summed E-state index contributed by atoms with van der Waals surface area (Å²) in [7, 11) is 3.55. The van der Waals surface area contributed by atoms with E-state index < -0.39 is 18.0 Å². The second kappa shape index (κ2) is 8.96. The number of aliphatic hydroxyl groups is 1. The lowest BCUT2D eigenvalue weighted by Crippen LogP contribution is -2.43. The van der Waals surface area contributed by atoms with Crippen molar-refractivity contribution in [1.29, 1.82) is 0 Å². The molecule has 0 aromatic carbocycles. The maximum Gasteiger partial charge on any atom is 0.573 e. The highest BCUT2D eigenvalue weighted by atomic mass is 19.4. The van der Waals surface area contributed by atoms with Crippen molar-refractivity contribution in [3.8, 4) is 0 Å². The number of carbonyl (C=O) groups excluding carboxylic acids is 1. The van der Waals surface area contributed by atoms with Gasteiger partial charge in [-0.05, 0) is 56.8 Å². The summed E-state index contributed by atoms with van der Waals surface area (Å²) in [5, 5.41) is 10.0. The standard InChI is InChI=1S/C24H33F3N2O3/c1-15-11-16(12-20(21(15)30)32-24(25,26)27)9-10-23(2,3)29-13-17-7-6-8-18(19(17)14-29)22(31)28(4)5/h6-7,12,15,18,30H,8-11,13-14H2,1-5H3. The molecule has 0 spiro atoms. The Hall–Kier alpha value is -2.22. The zero-order valence-corrected chi connectivity index (χ0v) is 19.4. The van der Waals surface area contributed by atoms with Crippen LogP contribution in [0.3, 0.4) is 0 Å². The lowest BCUT2D eigenvalue weighted by molar-refractivity contribution is -0.304. The smallest absolute Gasteiger partial charge is 0.508 e. The largest absolute Gasteiger partial charge is 0.573 e. The van der Waals surface area contributed by atoms with Crippen molar-refractivity contribution in [2.24, 2.45) is 11.8 Å². The number of halogens is 3. The van der Waals surface area contributed by atoms with Gasteiger partial charge in [-0.1, -0.05) is 24.6 Å². The number of rotatable bonds is 6. The average molecular weight is 455 g/mol. The SMILES string of the molecule is CC1CC(CCC(C)(C)N2CC3=C(C2)C(C(=O)N(C)C)CC=C3)=CC(OC(F)(F)F)=C1O. The molecule has 1 N–H and O–H groups in total. The van der Waals surface area contributed by atoms with Gasteiger partial charge in [-0.25, -0.2) is 0 Å².